The lowest BCUT2D eigenvalue weighted by Crippen LogP contribution is -2.61. The first-order valence-electron chi connectivity index (χ1n) is 22.3. The zero-order valence-corrected chi connectivity index (χ0v) is 33.2. The fourth-order valence-electron chi connectivity index (χ4n) is 16.2. The van der Waals surface area contributed by atoms with Crippen LogP contribution in [-0.4, -0.2) is 59.7 Å². The molecule has 0 radical (unpaired) electrons. The van der Waals surface area contributed by atoms with E-state index in [1.807, 2.05) is 12.5 Å². The fourth-order valence-corrected chi connectivity index (χ4v) is 16.2. The summed E-state index contributed by atoms with van der Waals surface area (Å²) in [4.78, 5) is 18.4. The number of rotatable bonds is 3. The maximum absolute atomic E-state index is 13.9. The van der Waals surface area contributed by atoms with Crippen molar-refractivity contribution in [1.29, 1.82) is 0 Å². The summed E-state index contributed by atoms with van der Waals surface area (Å²) in [6.45, 7) is 7.03. The molecule has 1 heterocycles. The van der Waals surface area contributed by atoms with Crippen LogP contribution in [0.1, 0.15) is 149 Å². The summed E-state index contributed by atoms with van der Waals surface area (Å²) in [6, 6.07) is 0.421. The normalized spacial score (nSPS) is 50.3. The Morgan fingerprint density at radius 3 is 2.44 bits per heavy atom. The summed E-state index contributed by atoms with van der Waals surface area (Å²) in [5.41, 5.74) is 5.62. The van der Waals surface area contributed by atoms with Gasteiger partial charge in [-0.1, -0.05) is 62.3 Å². The Kier molecular flexibility index (Phi) is 8.55. The van der Waals surface area contributed by atoms with Gasteiger partial charge in [0.1, 0.15) is 0 Å². The van der Waals surface area contributed by atoms with E-state index in [2.05, 4.69) is 36.5 Å². The number of ketones is 1. The van der Waals surface area contributed by atoms with Gasteiger partial charge >= 0.3 is 0 Å². The van der Waals surface area contributed by atoms with E-state index in [4.69, 9.17) is 0 Å². The van der Waals surface area contributed by atoms with Crippen LogP contribution in [0.15, 0.2) is 52.7 Å². The van der Waals surface area contributed by atoms with Crippen molar-refractivity contribution < 1.29 is 25.2 Å². The molecule has 7 nitrogen and oxygen atoms in total. The number of fused-ring (bicyclic) bond motifs is 7. The lowest BCUT2D eigenvalue weighted by atomic mass is 9.44. The molecule has 0 spiro atoms. The number of aliphatic hydroxyl groups is 4. The van der Waals surface area contributed by atoms with Gasteiger partial charge in [-0.25, -0.2) is 4.98 Å². The van der Waals surface area contributed by atoms with Crippen LogP contribution in [0, 0.1) is 57.7 Å². The van der Waals surface area contributed by atoms with Gasteiger partial charge in [-0.2, -0.15) is 0 Å². The Morgan fingerprint density at radius 2 is 1.63 bits per heavy atom. The highest BCUT2D eigenvalue weighted by Crippen LogP contribution is 2.71. The molecule has 9 aliphatic rings. The summed E-state index contributed by atoms with van der Waals surface area (Å²) in [7, 11) is 0. The lowest BCUT2D eigenvalue weighted by Gasteiger charge is -2.61. The van der Waals surface area contributed by atoms with Crippen molar-refractivity contribution in [2.45, 2.75) is 173 Å². The van der Waals surface area contributed by atoms with Crippen LogP contribution in [0.2, 0.25) is 0 Å². The second-order valence-electron chi connectivity index (χ2n) is 21.0. The molecule has 0 amide bonds. The second kappa shape index (κ2) is 12.7. The topological polar surface area (TPSA) is 116 Å². The minimum absolute atomic E-state index is 0.0141. The molecule has 0 bridgehead atoms. The minimum Gasteiger partial charge on any atom is -0.392 e. The first kappa shape index (κ1) is 36.3. The second-order valence-corrected chi connectivity index (χ2v) is 21.0. The van der Waals surface area contributed by atoms with Crippen LogP contribution >= 0.6 is 0 Å². The molecule has 9 aliphatic carbocycles. The molecular weight excluding hydrogens is 673 g/mol. The van der Waals surface area contributed by atoms with E-state index in [9.17, 15) is 25.2 Å². The first-order valence-corrected chi connectivity index (χ1v) is 22.3. The zero-order valence-electron chi connectivity index (χ0n) is 33.2. The predicted octanol–water partition coefficient (Wildman–Crippen LogP) is 8.19. The molecule has 0 saturated heterocycles. The van der Waals surface area contributed by atoms with Crippen LogP contribution in [0.25, 0.3) is 0 Å². The van der Waals surface area contributed by atoms with Crippen LogP contribution in [-0.2, 0) is 4.79 Å². The van der Waals surface area contributed by atoms with Crippen LogP contribution in [0.4, 0.5) is 0 Å². The van der Waals surface area contributed by atoms with Crippen LogP contribution in [0.5, 0.6) is 0 Å². The summed E-state index contributed by atoms with van der Waals surface area (Å²) < 4.78 is 2.37. The third-order valence-electron chi connectivity index (χ3n) is 18.7. The van der Waals surface area contributed by atoms with Gasteiger partial charge in [0.25, 0.3) is 0 Å². The summed E-state index contributed by atoms with van der Waals surface area (Å²) in [6.07, 6.45) is 25.3. The number of allylic oxidation sites excluding steroid dienone is 3. The lowest BCUT2D eigenvalue weighted by molar-refractivity contribution is -0.156. The zero-order chi connectivity index (χ0) is 37.4. The molecule has 6 fully saturated rings. The predicted molar refractivity (Wildman–Crippen MR) is 208 cm³/mol. The van der Waals surface area contributed by atoms with E-state index in [0.29, 0.717) is 37.1 Å². The molecule has 0 aromatic carbocycles. The Hall–Kier alpha value is -2.06. The molecule has 54 heavy (non-hydrogen) atoms. The van der Waals surface area contributed by atoms with E-state index >= 15 is 0 Å². The van der Waals surface area contributed by atoms with Gasteiger partial charge in [-0.05, 0) is 149 Å². The maximum Gasteiger partial charge on any atom is 0.159 e. The number of nitrogens with zero attached hydrogens (tertiary/aromatic N) is 2. The average Bonchev–Trinajstić information content (AvgIpc) is 3.73. The van der Waals surface area contributed by atoms with Gasteiger partial charge in [0, 0.05) is 41.6 Å². The molecule has 0 unspecified atom stereocenters. The highest BCUT2D eigenvalue weighted by Gasteiger charge is 2.68. The fraction of sp³-hybridized carbons (Fsp3) is 0.787. The van der Waals surface area contributed by atoms with Crippen molar-refractivity contribution >= 4 is 5.78 Å². The van der Waals surface area contributed by atoms with Crippen molar-refractivity contribution in [2.24, 2.45) is 57.7 Å². The first-order chi connectivity index (χ1) is 25.9. The molecule has 7 heteroatoms. The number of aliphatic hydroxyl groups excluding tert-OH is 3. The number of carbonyl (C=O) groups is 1. The van der Waals surface area contributed by atoms with E-state index in [1.54, 1.807) is 28.4 Å². The number of imidazole rings is 1. The third-order valence-corrected chi connectivity index (χ3v) is 18.7. The molecule has 0 aliphatic heterocycles. The SMILES string of the molecule is C[C@@]1(C2=C3CCCC[C@H]3C3=C4[C@H](CCC3)C[C@@H]([C@H]3CC[C@@]5(O)C6=CC(=O)[C@@H]7C[C@@H](O)[C@@H](O)C[C@]7(C)[C@H]6CC[C@]35C)[C@H](O)[C@H]42)CCCC[C@H](n2ccnc2)C1. The summed E-state index contributed by atoms with van der Waals surface area (Å²) >= 11 is 0. The number of carbonyl (C=O) groups excluding carboxylic acids is 1. The van der Waals surface area contributed by atoms with E-state index < -0.39 is 34.7 Å². The van der Waals surface area contributed by atoms with Gasteiger partial charge in [0.05, 0.1) is 30.2 Å². The molecule has 6 saturated carbocycles. The highest BCUT2D eigenvalue weighted by atomic mass is 16.3. The van der Waals surface area contributed by atoms with Crippen molar-refractivity contribution in [3.63, 3.8) is 0 Å². The molecule has 1 aromatic heterocycles. The third kappa shape index (κ3) is 4.98. The average molecular weight is 739 g/mol. The van der Waals surface area contributed by atoms with E-state index in [0.717, 1.165) is 37.7 Å². The Bertz CT molecular complexity index is 1780. The smallest absolute Gasteiger partial charge is 0.159 e. The molecule has 10 rings (SSSR count). The Balaban J connectivity index is 1.04. The maximum atomic E-state index is 13.9. The molecule has 4 N–H and O–H groups in total. The monoisotopic (exact) mass is 738 g/mol. The van der Waals surface area contributed by atoms with Gasteiger partial charge < -0.3 is 25.0 Å². The molecular formula is C47H66N2O5. The Labute approximate surface area is 322 Å². The van der Waals surface area contributed by atoms with E-state index in [1.165, 1.54) is 70.6 Å². The van der Waals surface area contributed by atoms with Gasteiger partial charge in [-0.3, -0.25) is 4.79 Å². The number of aromatic nitrogens is 2. The standard InChI is InChI=1S/C47H66N2O5/c1-44(16-7-6-10-28(24-44)49-20-19-48-26-49)42-31-12-5-4-11-29(31)30-13-8-9-27-21-32(43(53)41(42)40(27)30)33-15-18-47(54)35-22-37(50)36-23-38(51)39(52)25-45(36,2)34(35)14-17-46(33,47)3/h19-20,22,26-29,32-34,36,38-39,41,43,51-54H,4-18,21,23-25H2,1-3H3/t27-,28+,29+,32+,33-,34+,36+,38-,39+,41-,43+,44-,45-,46-,47-/m1/s1. The van der Waals surface area contributed by atoms with Crippen LogP contribution < -0.4 is 0 Å². The van der Waals surface area contributed by atoms with E-state index in [-0.39, 0.29) is 40.8 Å². The van der Waals surface area contributed by atoms with Crippen molar-refractivity contribution in [1.82, 2.24) is 9.55 Å². The van der Waals surface area contributed by atoms with Crippen LogP contribution in [0.3, 0.4) is 0 Å². The highest BCUT2D eigenvalue weighted by molar-refractivity contribution is 5.95. The van der Waals surface area contributed by atoms with Gasteiger partial charge in [-0.15, -0.1) is 0 Å². The van der Waals surface area contributed by atoms with Gasteiger partial charge in [0.2, 0.25) is 0 Å². The largest absolute Gasteiger partial charge is 0.392 e. The van der Waals surface area contributed by atoms with Crippen molar-refractivity contribution in [3.8, 4) is 0 Å². The van der Waals surface area contributed by atoms with Crippen molar-refractivity contribution in [2.75, 3.05) is 0 Å². The summed E-state index contributed by atoms with van der Waals surface area (Å²) in [5.74, 6) is 1.14. The van der Waals surface area contributed by atoms with Crippen molar-refractivity contribution in [3.05, 3.63) is 52.7 Å². The Morgan fingerprint density at radius 1 is 0.815 bits per heavy atom. The molecule has 1 aromatic rings. The van der Waals surface area contributed by atoms with Gasteiger partial charge in [0.15, 0.2) is 5.78 Å². The summed E-state index contributed by atoms with van der Waals surface area (Å²) in [5, 5.41) is 47.9. The minimum atomic E-state index is -1.10. The number of hydrogen-bond donors (Lipinski definition) is 4. The molecule has 15 atom stereocenters. The quantitative estimate of drug-likeness (QED) is 0.184. The molecule has 294 valence electrons. The number of hydrogen-bond acceptors (Lipinski definition) is 6.